The minimum Gasteiger partial charge on any atom is -0.478 e. The number of piperazine rings is 1. The van der Waals surface area contributed by atoms with Crippen molar-refractivity contribution >= 4 is 47.5 Å². The largest absolute Gasteiger partial charge is 0.478 e. The molecule has 4 heterocycles. The number of fused-ring (bicyclic) bond motifs is 1. The maximum absolute atomic E-state index is 14.2. The lowest BCUT2D eigenvalue weighted by Crippen LogP contribution is -2.59. The molecule has 0 bridgehead atoms. The summed E-state index contributed by atoms with van der Waals surface area (Å²) in [5.41, 5.74) is 5.76. The van der Waals surface area contributed by atoms with Crippen LogP contribution in [0.25, 0.3) is 0 Å². The van der Waals surface area contributed by atoms with Gasteiger partial charge >= 0.3 is 35.9 Å². The average Bonchev–Trinajstić information content (AvgIpc) is 3.45. The SMILES string of the molecule is CCc1ccc(C[C@@H](NC(=O)N2CCC(N3CCc4ccccc4NC3=O)CC2)C(=O)N2CCN(C3CCN(C)CC3)CC2)cc1CC.O=C(O)/C=C\C(=O)O.O=C(O)/C=C\C(=O)O. The predicted molar refractivity (Wildman–Crippen MR) is 239 cm³/mol. The summed E-state index contributed by atoms with van der Waals surface area (Å²) in [6.07, 6.45) is 9.23. The number of carboxylic acid groups (broad SMARTS) is 4. The molecule has 0 spiro atoms. The van der Waals surface area contributed by atoms with E-state index in [1.165, 1.54) is 24.0 Å². The number of aryl methyl sites for hydroxylation is 2. The van der Waals surface area contributed by atoms with Crippen molar-refractivity contribution in [3.63, 3.8) is 0 Å². The second-order valence-electron chi connectivity index (χ2n) is 16.2. The lowest BCUT2D eigenvalue weighted by molar-refractivity contribution is -0.135. The Labute approximate surface area is 374 Å². The highest BCUT2D eigenvalue weighted by atomic mass is 16.4. The number of carbonyl (C=O) groups is 7. The third-order valence-electron chi connectivity index (χ3n) is 12.0. The van der Waals surface area contributed by atoms with Gasteiger partial charge in [-0.15, -0.1) is 0 Å². The van der Waals surface area contributed by atoms with E-state index in [4.69, 9.17) is 20.4 Å². The molecule has 64 heavy (non-hydrogen) atoms. The van der Waals surface area contributed by atoms with Gasteiger partial charge in [-0.2, -0.15) is 0 Å². The summed E-state index contributed by atoms with van der Waals surface area (Å²) in [6.45, 7) is 11.5. The molecule has 4 aliphatic heterocycles. The number of carboxylic acids is 4. The number of aliphatic carboxylic acids is 4. The van der Waals surface area contributed by atoms with Crippen molar-refractivity contribution in [2.24, 2.45) is 0 Å². The number of para-hydroxylation sites is 1. The van der Waals surface area contributed by atoms with Crippen LogP contribution < -0.4 is 10.6 Å². The Bertz CT molecular complexity index is 1930. The van der Waals surface area contributed by atoms with Crippen molar-refractivity contribution in [3.8, 4) is 0 Å². The molecule has 3 saturated heterocycles. The first-order chi connectivity index (χ1) is 30.6. The lowest BCUT2D eigenvalue weighted by Gasteiger charge is -2.43. The predicted octanol–water partition coefficient (Wildman–Crippen LogP) is 3.65. The van der Waals surface area contributed by atoms with E-state index < -0.39 is 29.9 Å². The number of hydrogen-bond acceptors (Lipinski definition) is 9. The Kier molecular flexibility index (Phi) is 19.8. The first-order valence-corrected chi connectivity index (χ1v) is 21.9. The van der Waals surface area contributed by atoms with Gasteiger partial charge < -0.3 is 50.7 Å². The van der Waals surface area contributed by atoms with Crippen LogP contribution in [-0.4, -0.2) is 171 Å². The first kappa shape index (κ1) is 50.4. The topological polar surface area (TPSA) is 241 Å². The second kappa shape index (κ2) is 25.1. The average molecular weight is 890 g/mol. The minimum absolute atomic E-state index is 0.0136. The number of nitrogens with zero attached hydrogens (tertiary/aromatic N) is 5. The van der Waals surface area contributed by atoms with Crippen LogP contribution in [0.2, 0.25) is 0 Å². The van der Waals surface area contributed by atoms with Gasteiger partial charge in [-0.25, -0.2) is 28.8 Å². The number of amides is 5. The summed E-state index contributed by atoms with van der Waals surface area (Å²) >= 11 is 0. The zero-order valence-electron chi connectivity index (χ0n) is 37.0. The molecule has 6 N–H and O–H groups in total. The highest BCUT2D eigenvalue weighted by Gasteiger charge is 2.35. The maximum atomic E-state index is 14.2. The van der Waals surface area contributed by atoms with Gasteiger partial charge in [0.05, 0.1) is 0 Å². The third kappa shape index (κ3) is 15.8. The van der Waals surface area contributed by atoms with Crippen LogP contribution in [0.3, 0.4) is 0 Å². The van der Waals surface area contributed by atoms with Crippen molar-refractivity contribution in [2.75, 3.05) is 71.3 Å². The van der Waals surface area contributed by atoms with E-state index in [-0.39, 0.29) is 24.0 Å². The Morgan fingerprint density at radius 1 is 0.688 bits per heavy atom. The molecule has 18 nitrogen and oxygen atoms in total. The molecular formula is C46H63N7O11. The van der Waals surface area contributed by atoms with E-state index in [0.717, 1.165) is 62.3 Å². The summed E-state index contributed by atoms with van der Waals surface area (Å²) in [7, 11) is 2.19. The number of anilines is 1. The molecule has 0 aromatic heterocycles. The monoisotopic (exact) mass is 889 g/mol. The zero-order chi connectivity index (χ0) is 46.8. The summed E-state index contributed by atoms with van der Waals surface area (Å²) in [6, 6.07) is 14.3. The maximum Gasteiger partial charge on any atom is 0.328 e. The number of hydrogen-bond donors (Lipinski definition) is 6. The normalized spacial score (nSPS) is 18.1. The number of urea groups is 2. The van der Waals surface area contributed by atoms with Gasteiger partial charge in [-0.3, -0.25) is 9.69 Å². The Morgan fingerprint density at radius 2 is 1.23 bits per heavy atom. The van der Waals surface area contributed by atoms with Crippen LogP contribution in [0.5, 0.6) is 0 Å². The van der Waals surface area contributed by atoms with Crippen molar-refractivity contribution < 1.29 is 54.0 Å². The second-order valence-corrected chi connectivity index (χ2v) is 16.2. The highest BCUT2D eigenvalue weighted by Crippen LogP contribution is 2.25. The summed E-state index contributed by atoms with van der Waals surface area (Å²) in [5.74, 6) is -5.01. The molecule has 348 valence electrons. The number of carbonyl (C=O) groups excluding carboxylic acids is 3. The Hall–Kier alpha value is -6.27. The van der Waals surface area contributed by atoms with E-state index in [1.54, 1.807) is 0 Å². The number of rotatable bonds is 12. The van der Waals surface area contributed by atoms with E-state index in [1.807, 2.05) is 32.9 Å². The van der Waals surface area contributed by atoms with Gasteiger partial charge in [0.15, 0.2) is 0 Å². The number of nitrogens with one attached hydrogen (secondary N) is 2. The molecule has 0 aliphatic carbocycles. The standard InChI is InChI=1S/C38H55N7O3.2C4H4O4/c1-4-29-11-10-28(26-30(29)5-2)27-35(36(46)43-24-22-42(23-25-43)32-13-17-41(3)18-14-32)40-37(47)44-19-15-33(16-20-44)45-21-12-31-8-6-7-9-34(31)39-38(45)48;2*5-3(6)1-2-4(7)8/h6-11,26,32-33,35H,4-5,12-25,27H2,1-3H3,(H,39,48)(H,40,47);2*1-2H,(H,5,6)(H,7,8)/b;2*2-1-/t35-;;/m1../s1. The molecule has 1 atom stereocenters. The fraction of sp³-hybridized carbons (Fsp3) is 0.500. The van der Waals surface area contributed by atoms with Crippen molar-refractivity contribution in [2.45, 2.75) is 83.3 Å². The van der Waals surface area contributed by atoms with E-state index >= 15 is 0 Å². The van der Waals surface area contributed by atoms with Crippen molar-refractivity contribution in [3.05, 3.63) is 89.0 Å². The van der Waals surface area contributed by atoms with Crippen LogP contribution in [0.15, 0.2) is 66.8 Å². The third-order valence-corrected chi connectivity index (χ3v) is 12.0. The summed E-state index contributed by atoms with van der Waals surface area (Å²) in [5, 5.41) is 37.5. The van der Waals surface area contributed by atoms with Crippen LogP contribution in [0, 0.1) is 0 Å². The van der Waals surface area contributed by atoms with E-state index in [0.29, 0.717) is 82.3 Å². The van der Waals surface area contributed by atoms with Gasteiger partial charge in [0.2, 0.25) is 5.91 Å². The fourth-order valence-electron chi connectivity index (χ4n) is 8.45. The molecular weight excluding hydrogens is 827 g/mol. The smallest absolute Gasteiger partial charge is 0.328 e. The fourth-order valence-corrected chi connectivity index (χ4v) is 8.45. The molecule has 0 radical (unpaired) electrons. The summed E-state index contributed by atoms with van der Waals surface area (Å²) in [4.78, 5) is 90.0. The van der Waals surface area contributed by atoms with Crippen LogP contribution in [-0.2, 0) is 49.7 Å². The van der Waals surface area contributed by atoms with Gasteiger partial charge in [-0.05, 0) is 93.4 Å². The molecule has 2 aromatic rings. The number of likely N-dealkylation sites (tertiary alicyclic amines) is 2. The molecule has 0 unspecified atom stereocenters. The molecule has 18 heteroatoms. The zero-order valence-corrected chi connectivity index (χ0v) is 37.0. The first-order valence-electron chi connectivity index (χ1n) is 21.9. The van der Waals surface area contributed by atoms with Crippen LogP contribution >= 0.6 is 0 Å². The van der Waals surface area contributed by atoms with E-state index in [9.17, 15) is 33.6 Å². The Balaban J connectivity index is 0.000000477. The van der Waals surface area contributed by atoms with Gasteiger partial charge in [-0.1, -0.05) is 50.2 Å². The molecule has 2 aromatic carbocycles. The molecule has 0 saturated carbocycles. The highest BCUT2D eigenvalue weighted by molar-refractivity contribution is 5.92. The van der Waals surface area contributed by atoms with Gasteiger partial charge in [0, 0.05) is 94.3 Å². The van der Waals surface area contributed by atoms with E-state index in [2.05, 4.69) is 65.6 Å². The molecule has 4 aliphatic rings. The van der Waals surface area contributed by atoms with Crippen LogP contribution in [0.4, 0.5) is 15.3 Å². The minimum atomic E-state index is -1.26. The lowest BCUT2D eigenvalue weighted by atomic mass is 9.96. The van der Waals surface area contributed by atoms with Gasteiger partial charge in [0.1, 0.15) is 6.04 Å². The van der Waals surface area contributed by atoms with Crippen molar-refractivity contribution in [1.29, 1.82) is 0 Å². The van der Waals surface area contributed by atoms with Crippen molar-refractivity contribution in [1.82, 2.24) is 29.8 Å². The Morgan fingerprint density at radius 3 is 1.78 bits per heavy atom. The van der Waals surface area contributed by atoms with Crippen LogP contribution in [0.1, 0.15) is 61.8 Å². The number of piperidine rings is 2. The molecule has 6 rings (SSSR count). The molecule has 3 fully saturated rings. The summed E-state index contributed by atoms with van der Waals surface area (Å²) < 4.78 is 0. The quantitative estimate of drug-likeness (QED) is 0.167. The number of benzene rings is 2. The molecule has 5 amide bonds. The van der Waals surface area contributed by atoms with Gasteiger partial charge in [0.25, 0.3) is 0 Å².